The van der Waals surface area contributed by atoms with E-state index in [1.165, 1.54) is 0 Å². The van der Waals surface area contributed by atoms with Crippen molar-refractivity contribution in [2.45, 2.75) is 0 Å². The molecule has 21 heavy (non-hydrogen) atoms. The Bertz CT molecular complexity index is 844. The number of halogens is 2. The standard InChI is InChI=1S/C14H10Cl2N4O/c15-8-2-3-9(10(16)6-8)13-18-11-4-1-7(14(21)20-17)5-12(11)19-13/h1-6H,17H2,(H,18,19)(H,20,21). The Kier molecular flexibility index (Phi) is 3.55. The van der Waals surface area contributed by atoms with Gasteiger partial charge in [-0.1, -0.05) is 23.2 Å². The highest BCUT2D eigenvalue weighted by atomic mass is 35.5. The number of fused-ring (bicyclic) bond motifs is 1. The van der Waals surface area contributed by atoms with E-state index in [2.05, 4.69) is 15.4 Å². The second-order valence-corrected chi connectivity index (χ2v) is 5.26. The van der Waals surface area contributed by atoms with Gasteiger partial charge in [0.1, 0.15) is 5.82 Å². The van der Waals surface area contributed by atoms with Gasteiger partial charge in [-0.3, -0.25) is 10.2 Å². The smallest absolute Gasteiger partial charge is 0.265 e. The SMILES string of the molecule is NNC(=O)c1ccc2nc(-c3ccc(Cl)cc3Cl)[nH]c2c1. The van der Waals surface area contributed by atoms with Crippen LogP contribution in [0.15, 0.2) is 36.4 Å². The number of nitrogens with one attached hydrogen (secondary N) is 2. The topological polar surface area (TPSA) is 83.8 Å². The van der Waals surface area contributed by atoms with Crippen LogP contribution in [0.4, 0.5) is 0 Å². The highest BCUT2D eigenvalue weighted by Gasteiger charge is 2.11. The third-order valence-electron chi connectivity index (χ3n) is 3.06. The average Bonchev–Trinajstić information content (AvgIpc) is 2.88. The van der Waals surface area contributed by atoms with Gasteiger partial charge >= 0.3 is 0 Å². The molecule has 3 aromatic rings. The van der Waals surface area contributed by atoms with E-state index in [0.29, 0.717) is 21.4 Å². The second kappa shape index (κ2) is 5.37. The fourth-order valence-corrected chi connectivity index (χ4v) is 2.54. The van der Waals surface area contributed by atoms with E-state index < -0.39 is 0 Å². The van der Waals surface area contributed by atoms with Crippen LogP contribution in [0.25, 0.3) is 22.4 Å². The molecule has 0 aliphatic carbocycles. The Balaban J connectivity index is 2.10. The molecule has 0 radical (unpaired) electrons. The molecule has 1 aromatic heterocycles. The zero-order chi connectivity index (χ0) is 15.0. The Morgan fingerprint density at radius 2 is 2.00 bits per heavy atom. The van der Waals surface area contributed by atoms with Crippen LogP contribution >= 0.6 is 23.2 Å². The van der Waals surface area contributed by atoms with Crippen LogP contribution in [-0.4, -0.2) is 15.9 Å². The normalized spacial score (nSPS) is 10.8. The molecule has 0 unspecified atom stereocenters. The summed E-state index contributed by atoms with van der Waals surface area (Å²) in [6.07, 6.45) is 0. The van der Waals surface area contributed by atoms with Crippen molar-refractivity contribution >= 4 is 40.1 Å². The number of hydrazine groups is 1. The number of aromatic nitrogens is 2. The molecule has 1 amide bonds. The van der Waals surface area contributed by atoms with E-state index in [4.69, 9.17) is 29.0 Å². The maximum atomic E-state index is 11.5. The number of carbonyl (C=O) groups excluding carboxylic acids is 1. The van der Waals surface area contributed by atoms with Gasteiger partial charge in [0.15, 0.2) is 0 Å². The first-order chi connectivity index (χ1) is 10.1. The van der Waals surface area contributed by atoms with Crippen LogP contribution in [0.5, 0.6) is 0 Å². The molecule has 106 valence electrons. The van der Waals surface area contributed by atoms with Gasteiger partial charge in [-0.15, -0.1) is 0 Å². The zero-order valence-electron chi connectivity index (χ0n) is 10.7. The molecule has 0 aliphatic heterocycles. The molecule has 5 nitrogen and oxygen atoms in total. The maximum Gasteiger partial charge on any atom is 0.265 e. The number of nitrogens with two attached hydrogens (primary N) is 1. The minimum Gasteiger partial charge on any atom is -0.338 e. The van der Waals surface area contributed by atoms with Crippen LogP contribution in [0.2, 0.25) is 10.0 Å². The lowest BCUT2D eigenvalue weighted by Gasteiger charge is -2.00. The van der Waals surface area contributed by atoms with E-state index in [1.54, 1.807) is 36.4 Å². The number of aromatic amines is 1. The zero-order valence-corrected chi connectivity index (χ0v) is 12.2. The summed E-state index contributed by atoms with van der Waals surface area (Å²) in [5.74, 6) is 5.37. The largest absolute Gasteiger partial charge is 0.338 e. The van der Waals surface area contributed by atoms with E-state index in [1.807, 2.05) is 0 Å². The monoisotopic (exact) mass is 320 g/mol. The predicted octanol–water partition coefficient (Wildman–Crippen LogP) is 3.14. The quantitative estimate of drug-likeness (QED) is 0.385. The Hall–Kier alpha value is -2.08. The van der Waals surface area contributed by atoms with Crippen molar-refractivity contribution in [2.75, 3.05) is 0 Å². The molecule has 3 rings (SSSR count). The third-order valence-corrected chi connectivity index (χ3v) is 3.61. The van der Waals surface area contributed by atoms with E-state index in [0.717, 1.165) is 16.6 Å². The molecule has 0 atom stereocenters. The number of nitrogen functional groups attached to an aromatic ring is 1. The van der Waals surface area contributed by atoms with Crippen LogP contribution in [0.1, 0.15) is 10.4 Å². The van der Waals surface area contributed by atoms with Gasteiger partial charge in [0.2, 0.25) is 0 Å². The number of imidazole rings is 1. The number of carbonyl (C=O) groups is 1. The lowest BCUT2D eigenvalue weighted by atomic mass is 10.2. The molecule has 0 saturated heterocycles. The summed E-state index contributed by atoms with van der Waals surface area (Å²) in [7, 11) is 0. The summed E-state index contributed by atoms with van der Waals surface area (Å²) < 4.78 is 0. The van der Waals surface area contributed by atoms with Gasteiger partial charge in [-0.05, 0) is 36.4 Å². The van der Waals surface area contributed by atoms with Crippen molar-refractivity contribution in [3.63, 3.8) is 0 Å². The van der Waals surface area contributed by atoms with Crippen LogP contribution < -0.4 is 11.3 Å². The molecular weight excluding hydrogens is 311 g/mol. The average molecular weight is 321 g/mol. The van der Waals surface area contributed by atoms with E-state index in [-0.39, 0.29) is 5.91 Å². The highest BCUT2D eigenvalue weighted by molar-refractivity contribution is 6.36. The van der Waals surface area contributed by atoms with Crippen molar-refractivity contribution in [2.24, 2.45) is 5.84 Å². The van der Waals surface area contributed by atoms with Gasteiger partial charge in [-0.25, -0.2) is 10.8 Å². The fourth-order valence-electron chi connectivity index (χ4n) is 2.04. The van der Waals surface area contributed by atoms with Gasteiger partial charge in [0.05, 0.1) is 16.1 Å². The van der Waals surface area contributed by atoms with E-state index >= 15 is 0 Å². The Labute approximate surface area is 130 Å². The van der Waals surface area contributed by atoms with Gasteiger partial charge in [0, 0.05) is 16.1 Å². The first-order valence-corrected chi connectivity index (χ1v) is 6.80. The van der Waals surface area contributed by atoms with Gasteiger partial charge in [-0.2, -0.15) is 0 Å². The number of nitrogens with zero attached hydrogens (tertiary/aromatic N) is 1. The summed E-state index contributed by atoms with van der Waals surface area (Å²) in [5.41, 5.74) is 4.72. The number of amides is 1. The first-order valence-electron chi connectivity index (χ1n) is 6.04. The van der Waals surface area contributed by atoms with Crippen LogP contribution in [-0.2, 0) is 0 Å². The molecule has 0 bridgehead atoms. The number of hydrogen-bond donors (Lipinski definition) is 3. The lowest BCUT2D eigenvalue weighted by Crippen LogP contribution is -2.29. The van der Waals surface area contributed by atoms with Gasteiger partial charge < -0.3 is 4.98 Å². The van der Waals surface area contributed by atoms with Crippen LogP contribution in [0, 0.1) is 0 Å². The Morgan fingerprint density at radius 3 is 2.71 bits per heavy atom. The van der Waals surface area contributed by atoms with Crippen molar-refractivity contribution < 1.29 is 4.79 Å². The molecule has 0 saturated carbocycles. The predicted molar refractivity (Wildman–Crippen MR) is 83.2 cm³/mol. The number of hydrogen-bond acceptors (Lipinski definition) is 3. The summed E-state index contributed by atoms with van der Waals surface area (Å²) in [5, 5.41) is 1.06. The summed E-state index contributed by atoms with van der Waals surface area (Å²) in [6, 6.07) is 10.2. The lowest BCUT2D eigenvalue weighted by molar-refractivity contribution is 0.0954. The third kappa shape index (κ3) is 2.58. The summed E-state index contributed by atoms with van der Waals surface area (Å²) in [4.78, 5) is 19.1. The summed E-state index contributed by atoms with van der Waals surface area (Å²) >= 11 is 12.1. The van der Waals surface area contributed by atoms with Crippen molar-refractivity contribution in [3.8, 4) is 11.4 Å². The minimum atomic E-state index is -0.363. The molecule has 0 aliphatic rings. The van der Waals surface area contributed by atoms with Gasteiger partial charge in [0.25, 0.3) is 5.91 Å². The molecule has 0 spiro atoms. The molecule has 0 fully saturated rings. The minimum absolute atomic E-state index is 0.363. The molecule has 4 N–H and O–H groups in total. The molecular formula is C14H10Cl2N4O. The number of rotatable bonds is 2. The van der Waals surface area contributed by atoms with E-state index in [9.17, 15) is 4.79 Å². The first kappa shape index (κ1) is 13.9. The van der Waals surface area contributed by atoms with Crippen molar-refractivity contribution in [1.82, 2.24) is 15.4 Å². The molecule has 2 aromatic carbocycles. The fraction of sp³-hybridized carbons (Fsp3) is 0. The van der Waals surface area contributed by atoms with Crippen LogP contribution in [0.3, 0.4) is 0 Å². The maximum absolute atomic E-state index is 11.5. The second-order valence-electron chi connectivity index (χ2n) is 4.41. The molecule has 7 heteroatoms. The highest BCUT2D eigenvalue weighted by Crippen LogP contribution is 2.30. The Morgan fingerprint density at radius 1 is 1.19 bits per heavy atom. The molecule has 1 heterocycles. The van der Waals surface area contributed by atoms with Crippen molar-refractivity contribution in [1.29, 1.82) is 0 Å². The summed E-state index contributed by atoms with van der Waals surface area (Å²) in [6.45, 7) is 0. The number of H-pyrrole nitrogens is 1. The van der Waals surface area contributed by atoms with Crippen molar-refractivity contribution in [3.05, 3.63) is 52.0 Å². The number of benzene rings is 2.